The Morgan fingerprint density at radius 3 is 2.88 bits per heavy atom. The van der Waals surface area contributed by atoms with Crippen molar-refractivity contribution in [2.24, 2.45) is 0 Å². The van der Waals surface area contributed by atoms with Crippen molar-refractivity contribution in [3.05, 3.63) is 47.3 Å². The minimum Gasteiger partial charge on any atom is -0.335 e. The van der Waals surface area contributed by atoms with Crippen LogP contribution in [-0.2, 0) is 11.2 Å². The molecule has 1 aliphatic rings. The molecule has 0 fully saturated rings. The van der Waals surface area contributed by atoms with Gasteiger partial charge in [-0.25, -0.2) is 4.68 Å². The number of benzene rings is 1. The van der Waals surface area contributed by atoms with E-state index in [2.05, 4.69) is 23.2 Å². The Morgan fingerprint density at radius 2 is 2.12 bits per heavy atom. The van der Waals surface area contributed by atoms with Gasteiger partial charge >= 0.3 is 0 Å². The molecule has 134 valence electrons. The highest BCUT2D eigenvalue weighted by Gasteiger charge is 2.34. The van der Waals surface area contributed by atoms with E-state index >= 15 is 0 Å². The number of rotatable bonds is 4. The number of thiophene rings is 1. The molecule has 4 rings (SSSR count). The molecule has 8 heteroatoms. The summed E-state index contributed by atoms with van der Waals surface area (Å²) in [5.41, 5.74) is 2.22. The third-order valence-electron chi connectivity index (χ3n) is 4.48. The maximum absolute atomic E-state index is 13.1. The van der Waals surface area contributed by atoms with Crippen LogP contribution in [0.5, 0.6) is 0 Å². The van der Waals surface area contributed by atoms with E-state index in [-0.39, 0.29) is 17.2 Å². The number of para-hydroxylation sites is 1. The Bertz CT molecular complexity index is 937. The SMILES string of the molecule is CC(Sc1nnc(-c2cccs2)n1N)C(=O)N1c2ccccc2CC1C. The standard InChI is InChI=1S/C18H19N5OS2/c1-11-10-13-6-3-4-7-14(13)22(11)17(24)12(2)26-18-21-20-16(23(18)19)15-8-5-9-25-15/h3-9,11-12H,10,19H2,1-2H3. The molecule has 2 aromatic heterocycles. The highest BCUT2D eigenvalue weighted by atomic mass is 32.2. The van der Waals surface area contributed by atoms with Crippen molar-refractivity contribution in [2.45, 2.75) is 36.7 Å². The quantitative estimate of drug-likeness (QED) is 0.551. The molecule has 26 heavy (non-hydrogen) atoms. The van der Waals surface area contributed by atoms with Gasteiger partial charge in [-0.05, 0) is 43.3 Å². The summed E-state index contributed by atoms with van der Waals surface area (Å²) in [6.07, 6.45) is 0.884. The first-order valence-electron chi connectivity index (χ1n) is 8.38. The lowest BCUT2D eigenvalue weighted by molar-refractivity contribution is -0.118. The van der Waals surface area contributed by atoms with Crippen LogP contribution in [0.1, 0.15) is 19.4 Å². The fourth-order valence-corrected chi connectivity index (χ4v) is 4.76. The number of nitrogen functional groups attached to an aromatic ring is 1. The zero-order valence-corrected chi connectivity index (χ0v) is 16.1. The molecule has 3 aromatic rings. The zero-order chi connectivity index (χ0) is 18.3. The predicted molar refractivity (Wildman–Crippen MR) is 106 cm³/mol. The van der Waals surface area contributed by atoms with Crippen LogP contribution < -0.4 is 10.7 Å². The molecule has 0 saturated carbocycles. The lowest BCUT2D eigenvalue weighted by Crippen LogP contribution is -2.40. The summed E-state index contributed by atoms with van der Waals surface area (Å²) in [7, 11) is 0. The van der Waals surface area contributed by atoms with Crippen molar-refractivity contribution in [2.75, 3.05) is 10.7 Å². The summed E-state index contributed by atoms with van der Waals surface area (Å²) < 4.78 is 1.46. The van der Waals surface area contributed by atoms with Crippen LogP contribution in [-0.4, -0.2) is 32.1 Å². The monoisotopic (exact) mass is 385 g/mol. The summed E-state index contributed by atoms with van der Waals surface area (Å²) in [6, 6.07) is 12.1. The largest absolute Gasteiger partial charge is 0.335 e. The second-order valence-corrected chi connectivity index (χ2v) is 8.56. The third kappa shape index (κ3) is 2.89. The van der Waals surface area contributed by atoms with Gasteiger partial charge in [0.1, 0.15) is 0 Å². The topological polar surface area (TPSA) is 77.0 Å². The molecule has 0 bridgehead atoms. The van der Waals surface area contributed by atoms with Crippen LogP contribution in [0.15, 0.2) is 46.9 Å². The van der Waals surface area contributed by atoms with E-state index in [9.17, 15) is 4.79 Å². The fraction of sp³-hybridized carbons (Fsp3) is 0.278. The molecule has 2 atom stereocenters. The summed E-state index contributed by atoms with van der Waals surface area (Å²) >= 11 is 2.89. The van der Waals surface area contributed by atoms with Crippen LogP contribution >= 0.6 is 23.1 Å². The number of fused-ring (bicyclic) bond motifs is 1. The molecular formula is C18H19N5OS2. The van der Waals surface area contributed by atoms with Crippen molar-refractivity contribution >= 4 is 34.7 Å². The van der Waals surface area contributed by atoms with Crippen LogP contribution in [0, 0.1) is 0 Å². The second kappa shape index (κ2) is 6.77. The highest BCUT2D eigenvalue weighted by Crippen LogP contribution is 2.35. The van der Waals surface area contributed by atoms with Crippen LogP contribution in [0.2, 0.25) is 0 Å². The van der Waals surface area contributed by atoms with Gasteiger partial charge in [0.15, 0.2) is 5.82 Å². The first kappa shape index (κ1) is 17.1. The Hall–Kier alpha value is -2.32. The van der Waals surface area contributed by atoms with Gasteiger partial charge < -0.3 is 10.7 Å². The lowest BCUT2D eigenvalue weighted by atomic mass is 10.1. The molecule has 0 aliphatic carbocycles. The number of thioether (sulfide) groups is 1. The lowest BCUT2D eigenvalue weighted by Gasteiger charge is -2.25. The number of carbonyl (C=O) groups excluding carboxylic acids is 1. The van der Waals surface area contributed by atoms with E-state index < -0.39 is 0 Å². The maximum atomic E-state index is 13.1. The van der Waals surface area contributed by atoms with Crippen molar-refractivity contribution < 1.29 is 4.79 Å². The summed E-state index contributed by atoms with van der Waals surface area (Å²) in [4.78, 5) is 15.9. The maximum Gasteiger partial charge on any atom is 0.240 e. The number of hydrogen-bond donors (Lipinski definition) is 1. The first-order chi connectivity index (χ1) is 12.6. The van der Waals surface area contributed by atoms with Gasteiger partial charge in [-0.2, -0.15) is 0 Å². The smallest absolute Gasteiger partial charge is 0.240 e. The molecular weight excluding hydrogens is 366 g/mol. The first-order valence-corrected chi connectivity index (χ1v) is 10.1. The van der Waals surface area contributed by atoms with Gasteiger partial charge in [0.25, 0.3) is 0 Å². The van der Waals surface area contributed by atoms with Gasteiger partial charge in [0.2, 0.25) is 11.1 Å². The molecule has 2 N–H and O–H groups in total. The van der Waals surface area contributed by atoms with Crippen LogP contribution in [0.4, 0.5) is 5.69 Å². The Balaban J connectivity index is 1.54. The Labute approximate surface area is 160 Å². The molecule has 3 heterocycles. The van der Waals surface area contributed by atoms with Gasteiger partial charge in [-0.15, -0.1) is 21.5 Å². The molecule has 2 unspecified atom stereocenters. The summed E-state index contributed by atoms with van der Waals surface area (Å²) in [5, 5.41) is 10.5. The average Bonchev–Trinajstić information content (AvgIpc) is 3.33. The normalized spacial score (nSPS) is 17.3. The number of hydrogen-bond acceptors (Lipinski definition) is 6. The van der Waals surface area contributed by atoms with Gasteiger partial charge in [0, 0.05) is 11.7 Å². The van der Waals surface area contributed by atoms with Gasteiger partial charge in [-0.3, -0.25) is 4.79 Å². The van der Waals surface area contributed by atoms with Crippen LogP contribution in [0.3, 0.4) is 0 Å². The van der Waals surface area contributed by atoms with Gasteiger partial charge in [0.05, 0.1) is 10.1 Å². The number of nitrogens with two attached hydrogens (primary N) is 1. The van der Waals surface area contributed by atoms with E-state index in [1.165, 1.54) is 22.0 Å². The molecule has 6 nitrogen and oxygen atoms in total. The molecule has 0 spiro atoms. The zero-order valence-electron chi connectivity index (χ0n) is 14.5. The number of aromatic nitrogens is 3. The molecule has 0 saturated heterocycles. The summed E-state index contributed by atoms with van der Waals surface area (Å²) in [6.45, 7) is 3.97. The van der Waals surface area contributed by atoms with Crippen molar-refractivity contribution in [1.29, 1.82) is 0 Å². The highest BCUT2D eigenvalue weighted by molar-refractivity contribution is 8.00. The predicted octanol–water partition coefficient (Wildman–Crippen LogP) is 3.18. The Kier molecular flexibility index (Phi) is 4.46. The van der Waals surface area contributed by atoms with Crippen molar-refractivity contribution in [3.63, 3.8) is 0 Å². The molecule has 1 aromatic carbocycles. The fourth-order valence-electron chi connectivity index (χ4n) is 3.24. The molecule has 1 aliphatic heterocycles. The number of anilines is 1. The van der Waals surface area contributed by atoms with E-state index in [0.717, 1.165) is 17.0 Å². The van der Waals surface area contributed by atoms with E-state index in [0.29, 0.717) is 11.0 Å². The number of carbonyl (C=O) groups is 1. The van der Waals surface area contributed by atoms with E-state index in [4.69, 9.17) is 5.84 Å². The second-order valence-electron chi connectivity index (χ2n) is 6.30. The molecule has 1 amide bonds. The number of nitrogens with zero attached hydrogens (tertiary/aromatic N) is 4. The Morgan fingerprint density at radius 1 is 1.31 bits per heavy atom. The minimum absolute atomic E-state index is 0.0631. The van der Waals surface area contributed by atoms with Crippen LogP contribution in [0.25, 0.3) is 10.7 Å². The van der Waals surface area contributed by atoms with Crippen molar-refractivity contribution in [1.82, 2.24) is 14.9 Å². The average molecular weight is 386 g/mol. The summed E-state index contributed by atoms with van der Waals surface area (Å²) in [5.74, 6) is 6.83. The van der Waals surface area contributed by atoms with E-state index in [1.54, 1.807) is 11.3 Å². The third-order valence-corrected chi connectivity index (χ3v) is 6.39. The van der Waals surface area contributed by atoms with E-state index in [1.807, 2.05) is 47.5 Å². The van der Waals surface area contributed by atoms with Gasteiger partial charge in [-0.1, -0.05) is 36.0 Å². The minimum atomic E-state index is -0.314. The number of amides is 1. The molecule has 0 radical (unpaired) electrons. The van der Waals surface area contributed by atoms with Crippen molar-refractivity contribution in [3.8, 4) is 10.7 Å².